The van der Waals surface area contributed by atoms with E-state index < -0.39 is 0 Å². The van der Waals surface area contributed by atoms with E-state index in [9.17, 15) is 9.59 Å². The zero-order chi connectivity index (χ0) is 22.3. The van der Waals surface area contributed by atoms with Gasteiger partial charge in [-0.15, -0.1) is 0 Å². The van der Waals surface area contributed by atoms with Crippen LogP contribution in [0.5, 0.6) is 0 Å². The van der Waals surface area contributed by atoms with Crippen LogP contribution in [0.4, 0.5) is 0 Å². The highest BCUT2D eigenvalue weighted by Gasteiger charge is 2.33. The summed E-state index contributed by atoms with van der Waals surface area (Å²) in [5, 5.41) is 0. The molecule has 4 atom stereocenters. The van der Waals surface area contributed by atoms with E-state index in [-0.39, 0.29) is 0 Å². The molecule has 0 amide bonds. The summed E-state index contributed by atoms with van der Waals surface area (Å²) in [4.78, 5) is 22.1. The van der Waals surface area contributed by atoms with Crippen molar-refractivity contribution in [2.45, 2.75) is 154 Å². The van der Waals surface area contributed by atoms with E-state index in [1.165, 1.54) is 103 Å². The van der Waals surface area contributed by atoms with Crippen molar-refractivity contribution in [2.24, 2.45) is 11.8 Å². The number of carbonyl (C=O) groups excluding carboxylic acids is 2. The quantitative estimate of drug-likeness (QED) is 0.162. The van der Waals surface area contributed by atoms with Crippen LogP contribution in [0.25, 0.3) is 0 Å². The zero-order valence-electron chi connectivity index (χ0n) is 20.7. The molecule has 0 spiro atoms. The van der Waals surface area contributed by atoms with Gasteiger partial charge in [0.05, 0.1) is 12.2 Å². The van der Waals surface area contributed by atoms with Crippen molar-refractivity contribution < 1.29 is 14.3 Å². The van der Waals surface area contributed by atoms with Crippen molar-refractivity contribution in [3.05, 3.63) is 0 Å². The highest BCUT2D eigenvalue weighted by Crippen LogP contribution is 2.30. The van der Waals surface area contributed by atoms with E-state index in [1.807, 2.05) is 0 Å². The topological polar surface area (TPSA) is 43.4 Å². The SMILES string of the molecule is CCCC(CCCCCCCC1CC1=O)OC(CCC)CCCCCCCC1CC1=O. The molecule has 180 valence electrons. The Morgan fingerprint density at radius 1 is 0.613 bits per heavy atom. The van der Waals surface area contributed by atoms with Gasteiger partial charge in [0.15, 0.2) is 0 Å². The van der Waals surface area contributed by atoms with Gasteiger partial charge in [0.1, 0.15) is 11.6 Å². The molecule has 0 radical (unpaired) electrons. The van der Waals surface area contributed by atoms with Crippen LogP contribution < -0.4 is 0 Å². The highest BCUT2D eigenvalue weighted by molar-refractivity contribution is 5.96. The molecule has 31 heavy (non-hydrogen) atoms. The van der Waals surface area contributed by atoms with Crippen LogP contribution in [-0.2, 0) is 14.3 Å². The Bertz CT molecular complexity index is 456. The van der Waals surface area contributed by atoms with E-state index in [0.717, 1.165) is 25.7 Å². The maximum absolute atomic E-state index is 11.1. The first kappa shape index (κ1) is 26.6. The minimum atomic E-state index is 0.436. The maximum Gasteiger partial charge on any atom is 0.137 e. The fraction of sp³-hybridized carbons (Fsp3) is 0.929. The predicted octanol–water partition coefficient (Wildman–Crippen LogP) is 7.98. The van der Waals surface area contributed by atoms with Crippen LogP contribution in [0.3, 0.4) is 0 Å². The molecule has 2 saturated carbocycles. The second-order valence-electron chi connectivity index (χ2n) is 10.4. The Labute approximate surface area is 192 Å². The van der Waals surface area contributed by atoms with E-state index >= 15 is 0 Å². The molecule has 0 aromatic heterocycles. The lowest BCUT2D eigenvalue weighted by Crippen LogP contribution is -2.22. The number of rotatable bonds is 22. The number of hydrogen-bond acceptors (Lipinski definition) is 3. The molecule has 0 aromatic carbocycles. The molecular formula is C28H50O3. The number of unbranched alkanes of at least 4 members (excludes halogenated alkanes) is 8. The van der Waals surface area contributed by atoms with Gasteiger partial charge in [-0.2, -0.15) is 0 Å². The zero-order valence-corrected chi connectivity index (χ0v) is 20.7. The Morgan fingerprint density at radius 3 is 1.32 bits per heavy atom. The van der Waals surface area contributed by atoms with Crippen molar-refractivity contribution in [3.63, 3.8) is 0 Å². The first-order chi connectivity index (χ1) is 15.1. The molecule has 4 unspecified atom stereocenters. The summed E-state index contributed by atoms with van der Waals surface area (Å²) in [6.07, 6.45) is 25.0. The van der Waals surface area contributed by atoms with Crippen molar-refractivity contribution in [1.29, 1.82) is 0 Å². The Hall–Kier alpha value is -0.700. The largest absolute Gasteiger partial charge is 0.375 e. The molecule has 0 heterocycles. The van der Waals surface area contributed by atoms with Gasteiger partial charge in [-0.25, -0.2) is 0 Å². The van der Waals surface area contributed by atoms with Crippen LogP contribution in [0, 0.1) is 11.8 Å². The number of ketones is 2. The van der Waals surface area contributed by atoms with E-state index in [2.05, 4.69) is 13.8 Å². The molecule has 2 fully saturated rings. The van der Waals surface area contributed by atoms with Crippen molar-refractivity contribution >= 4 is 11.6 Å². The van der Waals surface area contributed by atoms with E-state index in [1.54, 1.807) is 0 Å². The second-order valence-corrected chi connectivity index (χ2v) is 10.4. The van der Waals surface area contributed by atoms with Crippen LogP contribution in [0.1, 0.15) is 142 Å². The Morgan fingerprint density at radius 2 is 0.968 bits per heavy atom. The van der Waals surface area contributed by atoms with Gasteiger partial charge in [-0.05, 0) is 38.5 Å². The summed E-state index contributed by atoms with van der Waals surface area (Å²) in [5.74, 6) is 1.86. The molecule has 0 aromatic rings. The fourth-order valence-electron chi connectivity index (χ4n) is 4.96. The molecule has 0 N–H and O–H groups in total. The van der Waals surface area contributed by atoms with Gasteiger partial charge in [-0.3, -0.25) is 9.59 Å². The van der Waals surface area contributed by atoms with Crippen LogP contribution in [0.2, 0.25) is 0 Å². The van der Waals surface area contributed by atoms with Gasteiger partial charge in [0.2, 0.25) is 0 Å². The van der Waals surface area contributed by atoms with Gasteiger partial charge < -0.3 is 4.74 Å². The first-order valence-electron chi connectivity index (χ1n) is 13.8. The summed E-state index contributed by atoms with van der Waals surface area (Å²) in [6.45, 7) is 4.55. The number of hydrogen-bond donors (Lipinski definition) is 0. The molecule has 0 saturated heterocycles. The summed E-state index contributed by atoms with van der Waals surface area (Å²) in [6, 6.07) is 0. The molecule has 3 nitrogen and oxygen atoms in total. The number of Topliss-reactive ketones (excluding diaryl/α,β-unsaturated/α-hetero) is 2. The third-order valence-corrected chi connectivity index (χ3v) is 7.25. The normalized spacial score (nSPS) is 22.0. The summed E-state index contributed by atoms with van der Waals surface area (Å²) in [7, 11) is 0. The standard InChI is InChI=1S/C28H50O3/c1-3-15-25(19-13-9-5-7-11-17-23-21-27(23)29)31-26(16-4-2)20-14-10-6-8-12-18-24-22-28(24)30/h23-26H,3-22H2,1-2H3. The summed E-state index contributed by atoms with van der Waals surface area (Å²) in [5.41, 5.74) is 0. The van der Waals surface area contributed by atoms with E-state index in [0.29, 0.717) is 35.6 Å². The maximum atomic E-state index is 11.1. The second kappa shape index (κ2) is 16.0. The summed E-state index contributed by atoms with van der Waals surface area (Å²) >= 11 is 0. The average Bonchev–Trinajstić information content (AvgIpc) is 3.65. The molecule has 2 aliphatic rings. The lowest BCUT2D eigenvalue weighted by molar-refractivity contribution is -0.112. The third kappa shape index (κ3) is 12.8. The Balaban J connectivity index is 1.49. The molecular weight excluding hydrogens is 384 g/mol. The molecule has 0 bridgehead atoms. The number of ether oxygens (including phenoxy) is 1. The smallest absolute Gasteiger partial charge is 0.137 e. The minimum absolute atomic E-state index is 0.436. The molecule has 2 aliphatic carbocycles. The minimum Gasteiger partial charge on any atom is -0.375 e. The molecule has 2 rings (SSSR count). The lowest BCUT2D eigenvalue weighted by atomic mass is 10.0. The predicted molar refractivity (Wildman–Crippen MR) is 129 cm³/mol. The van der Waals surface area contributed by atoms with Crippen LogP contribution >= 0.6 is 0 Å². The lowest BCUT2D eigenvalue weighted by Gasteiger charge is -2.25. The van der Waals surface area contributed by atoms with Crippen LogP contribution in [-0.4, -0.2) is 23.8 Å². The van der Waals surface area contributed by atoms with Crippen LogP contribution in [0.15, 0.2) is 0 Å². The van der Waals surface area contributed by atoms with Crippen molar-refractivity contribution in [2.75, 3.05) is 0 Å². The van der Waals surface area contributed by atoms with Crippen molar-refractivity contribution in [1.82, 2.24) is 0 Å². The first-order valence-corrected chi connectivity index (χ1v) is 13.8. The highest BCUT2D eigenvalue weighted by atomic mass is 16.5. The van der Waals surface area contributed by atoms with Gasteiger partial charge in [-0.1, -0.05) is 90.9 Å². The average molecular weight is 435 g/mol. The molecule has 0 aliphatic heterocycles. The molecule has 3 heteroatoms. The van der Waals surface area contributed by atoms with Gasteiger partial charge in [0.25, 0.3) is 0 Å². The monoisotopic (exact) mass is 434 g/mol. The van der Waals surface area contributed by atoms with Gasteiger partial charge in [0, 0.05) is 24.7 Å². The third-order valence-electron chi connectivity index (χ3n) is 7.25. The van der Waals surface area contributed by atoms with Gasteiger partial charge >= 0.3 is 0 Å². The fourth-order valence-corrected chi connectivity index (χ4v) is 4.96. The van der Waals surface area contributed by atoms with E-state index in [4.69, 9.17) is 4.74 Å². The Kier molecular flexibility index (Phi) is 13.7. The number of carbonyl (C=O) groups is 2. The van der Waals surface area contributed by atoms with Crippen molar-refractivity contribution in [3.8, 4) is 0 Å². The summed E-state index contributed by atoms with van der Waals surface area (Å²) < 4.78 is 6.61.